The molecule has 2 heterocycles. The van der Waals surface area contributed by atoms with Gasteiger partial charge in [0.1, 0.15) is 4.21 Å². The van der Waals surface area contributed by atoms with E-state index in [0.29, 0.717) is 10.9 Å². The number of benzene rings is 1. The Hall–Kier alpha value is -1.45. The molecule has 1 amide bonds. The number of sulfonamides is 1. The first-order valence-corrected chi connectivity index (χ1v) is 14.5. The Balaban J connectivity index is 1.27. The minimum atomic E-state index is -3.58. The standard InChI is InChI=1S/C24H30ClN3O3S2/c25-21-8-9-23(32-21)33(30,31)27-24-17-4-5-18(24)13-19-14-20(7-6-16(19)12-17)26-22(29)15-28-10-2-1-3-11-28/h6-9,14,17-18,24,27H,1-5,10-13,15H2,(H,26,29)/t17-,18+,24+/m0/s1. The third-order valence-electron chi connectivity index (χ3n) is 7.30. The monoisotopic (exact) mass is 507 g/mol. The van der Waals surface area contributed by atoms with Gasteiger partial charge in [0, 0.05) is 11.7 Å². The van der Waals surface area contributed by atoms with Crippen molar-refractivity contribution in [1.29, 1.82) is 0 Å². The fraction of sp³-hybridized carbons (Fsp3) is 0.542. The van der Waals surface area contributed by atoms with E-state index in [1.54, 1.807) is 12.1 Å². The first-order chi connectivity index (χ1) is 15.9. The highest BCUT2D eigenvalue weighted by Gasteiger charge is 2.41. The molecule has 9 heteroatoms. The molecular weight excluding hydrogens is 478 g/mol. The topological polar surface area (TPSA) is 78.5 Å². The number of nitrogens with zero attached hydrogens (tertiary/aromatic N) is 1. The van der Waals surface area contributed by atoms with E-state index in [-0.39, 0.29) is 28.0 Å². The number of hydrogen-bond acceptors (Lipinski definition) is 5. The number of thiophene rings is 1. The van der Waals surface area contributed by atoms with Crippen molar-refractivity contribution in [2.24, 2.45) is 11.8 Å². The van der Waals surface area contributed by atoms with Crippen LogP contribution in [0.2, 0.25) is 4.34 Å². The van der Waals surface area contributed by atoms with Crippen molar-refractivity contribution >= 4 is 44.6 Å². The lowest BCUT2D eigenvalue weighted by atomic mass is 9.93. The van der Waals surface area contributed by atoms with E-state index in [0.717, 1.165) is 55.8 Å². The summed E-state index contributed by atoms with van der Waals surface area (Å²) in [7, 11) is -3.58. The molecule has 1 saturated heterocycles. The molecule has 3 aliphatic rings. The number of hydrogen-bond donors (Lipinski definition) is 2. The number of nitrogens with one attached hydrogen (secondary N) is 2. The third-order valence-corrected chi connectivity index (χ3v) is 10.5. The number of carbonyl (C=O) groups is 1. The van der Waals surface area contributed by atoms with Crippen LogP contribution in [0.3, 0.4) is 0 Å². The zero-order valence-electron chi connectivity index (χ0n) is 18.6. The van der Waals surface area contributed by atoms with Crippen molar-refractivity contribution in [2.75, 3.05) is 25.0 Å². The Bertz CT molecular complexity index is 1130. The molecule has 0 radical (unpaired) electrons. The summed E-state index contributed by atoms with van der Waals surface area (Å²) in [6.07, 6.45) is 7.29. The Morgan fingerprint density at radius 1 is 1.03 bits per heavy atom. The van der Waals surface area contributed by atoms with Gasteiger partial charge in [-0.3, -0.25) is 9.69 Å². The van der Waals surface area contributed by atoms with Crippen LogP contribution in [-0.2, 0) is 27.7 Å². The van der Waals surface area contributed by atoms with Gasteiger partial charge >= 0.3 is 0 Å². The molecule has 33 heavy (non-hydrogen) atoms. The highest BCUT2D eigenvalue weighted by atomic mass is 35.5. The first-order valence-electron chi connectivity index (χ1n) is 11.8. The van der Waals surface area contributed by atoms with Crippen LogP contribution in [0.25, 0.3) is 0 Å². The maximum Gasteiger partial charge on any atom is 0.250 e. The normalized spacial score (nSPS) is 25.4. The highest BCUT2D eigenvalue weighted by molar-refractivity contribution is 7.91. The van der Waals surface area contributed by atoms with Gasteiger partial charge < -0.3 is 5.32 Å². The van der Waals surface area contributed by atoms with Crippen LogP contribution in [0.5, 0.6) is 0 Å². The van der Waals surface area contributed by atoms with E-state index in [2.05, 4.69) is 27.1 Å². The predicted molar refractivity (Wildman–Crippen MR) is 132 cm³/mol. The average molecular weight is 508 g/mol. The van der Waals surface area contributed by atoms with Gasteiger partial charge in [0.05, 0.1) is 10.9 Å². The summed E-state index contributed by atoms with van der Waals surface area (Å²) in [6.45, 7) is 2.43. The second kappa shape index (κ2) is 9.66. The molecule has 1 saturated carbocycles. The molecule has 6 nitrogen and oxygen atoms in total. The molecule has 2 fully saturated rings. The van der Waals surface area contributed by atoms with Gasteiger partial charge in [-0.15, -0.1) is 11.3 Å². The Morgan fingerprint density at radius 2 is 1.76 bits per heavy atom. The fourth-order valence-corrected chi connectivity index (χ4v) is 8.55. The Kier molecular flexibility index (Phi) is 6.82. The molecule has 3 atom stereocenters. The van der Waals surface area contributed by atoms with Crippen LogP contribution in [0.15, 0.2) is 34.5 Å². The van der Waals surface area contributed by atoms with E-state index in [1.165, 1.54) is 30.4 Å². The van der Waals surface area contributed by atoms with E-state index in [1.807, 2.05) is 6.07 Å². The van der Waals surface area contributed by atoms with E-state index in [9.17, 15) is 13.2 Å². The SMILES string of the molecule is O=C(CN1CCCCC1)Nc1ccc2c(c1)C[C@H]1CC[C@@H](C2)[C@H]1NS(=O)(=O)c1ccc(Cl)s1. The van der Waals surface area contributed by atoms with Crippen LogP contribution >= 0.6 is 22.9 Å². The summed E-state index contributed by atoms with van der Waals surface area (Å²) >= 11 is 7.05. The largest absolute Gasteiger partial charge is 0.325 e. The minimum absolute atomic E-state index is 0.0345. The molecule has 1 aromatic carbocycles. The summed E-state index contributed by atoms with van der Waals surface area (Å²) in [4.78, 5) is 14.8. The van der Waals surface area contributed by atoms with E-state index in [4.69, 9.17) is 11.6 Å². The van der Waals surface area contributed by atoms with E-state index >= 15 is 0 Å². The summed E-state index contributed by atoms with van der Waals surface area (Å²) in [6, 6.07) is 9.30. The smallest absolute Gasteiger partial charge is 0.250 e. The number of fused-ring (bicyclic) bond motifs is 3. The first kappa shape index (κ1) is 23.3. The van der Waals surface area contributed by atoms with Crippen LogP contribution in [0, 0.1) is 11.8 Å². The van der Waals surface area contributed by atoms with Crippen LogP contribution in [0.4, 0.5) is 5.69 Å². The molecule has 0 spiro atoms. The highest BCUT2D eigenvalue weighted by Crippen LogP contribution is 2.41. The maximum absolute atomic E-state index is 12.9. The van der Waals surface area contributed by atoms with Crippen molar-refractivity contribution in [3.8, 4) is 0 Å². The molecule has 2 aromatic rings. The summed E-state index contributed by atoms with van der Waals surface area (Å²) in [5, 5.41) is 3.07. The summed E-state index contributed by atoms with van der Waals surface area (Å²) in [5.74, 6) is 0.564. The van der Waals surface area contributed by atoms with Crippen molar-refractivity contribution in [2.45, 2.75) is 55.2 Å². The zero-order chi connectivity index (χ0) is 23.0. The van der Waals surface area contributed by atoms with E-state index < -0.39 is 10.0 Å². The van der Waals surface area contributed by atoms with Gasteiger partial charge in [0.2, 0.25) is 15.9 Å². The Labute approximate surface area is 204 Å². The number of carbonyl (C=O) groups excluding carboxylic acids is 1. The zero-order valence-corrected chi connectivity index (χ0v) is 20.9. The predicted octanol–water partition coefficient (Wildman–Crippen LogP) is 4.30. The molecule has 0 unspecified atom stereocenters. The third kappa shape index (κ3) is 5.30. The number of piperidine rings is 1. The summed E-state index contributed by atoms with van der Waals surface area (Å²) in [5.41, 5.74) is 3.32. The molecular formula is C24H30ClN3O3S2. The second-order valence-corrected chi connectivity index (χ2v) is 13.2. The van der Waals surface area contributed by atoms with Gasteiger partial charge in [-0.05, 0) is 98.8 Å². The second-order valence-electron chi connectivity index (χ2n) is 9.58. The van der Waals surface area contributed by atoms with Crippen LogP contribution in [0.1, 0.15) is 43.2 Å². The number of anilines is 1. The quantitative estimate of drug-likeness (QED) is 0.611. The van der Waals surface area contributed by atoms with Crippen molar-refractivity contribution in [1.82, 2.24) is 9.62 Å². The number of amides is 1. The molecule has 1 aromatic heterocycles. The number of rotatable bonds is 6. The lowest BCUT2D eigenvalue weighted by Gasteiger charge is -2.25. The van der Waals surface area contributed by atoms with Gasteiger partial charge in [0.25, 0.3) is 0 Å². The fourth-order valence-electron chi connectivity index (χ4n) is 5.68. The lowest BCUT2D eigenvalue weighted by Crippen LogP contribution is -2.41. The number of likely N-dealkylation sites (tertiary alicyclic amines) is 1. The van der Waals surface area contributed by atoms with Gasteiger partial charge in [-0.2, -0.15) is 0 Å². The van der Waals surface area contributed by atoms with Crippen molar-refractivity contribution in [3.63, 3.8) is 0 Å². The molecule has 2 bridgehead atoms. The minimum Gasteiger partial charge on any atom is -0.325 e. The summed E-state index contributed by atoms with van der Waals surface area (Å²) < 4.78 is 29.6. The van der Waals surface area contributed by atoms with Gasteiger partial charge in [0.15, 0.2) is 0 Å². The molecule has 2 N–H and O–H groups in total. The lowest BCUT2D eigenvalue weighted by molar-refractivity contribution is -0.117. The molecule has 178 valence electrons. The molecule has 1 aliphatic heterocycles. The van der Waals surface area contributed by atoms with Gasteiger partial charge in [-0.1, -0.05) is 24.1 Å². The number of halogens is 1. The van der Waals surface area contributed by atoms with Crippen LogP contribution < -0.4 is 10.0 Å². The average Bonchev–Trinajstić information content (AvgIpc) is 3.33. The van der Waals surface area contributed by atoms with Gasteiger partial charge in [-0.25, -0.2) is 13.1 Å². The van der Waals surface area contributed by atoms with Crippen LogP contribution in [-0.4, -0.2) is 44.9 Å². The Morgan fingerprint density at radius 3 is 2.45 bits per heavy atom. The van der Waals surface area contributed by atoms with Crippen molar-refractivity contribution in [3.05, 3.63) is 45.8 Å². The molecule has 5 rings (SSSR count). The molecule has 2 aliphatic carbocycles. The maximum atomic E-state index is 12.9. The van der Waals surface area contributed by atoms with Crippen molar-refractivity contribution < 1.29 is 13.2 Å².